The molecule has 1 aromatic carbocycles. The Balaban J connectivity index is 2.29. The lowest BCUT2D eigenvalue weighted by atomic mass is 10.1. The highest BCUT2D eigenvalue weighted by Gasteiger charge is 2.28. The molecule has 1 heterocycles. The van der Waals surface area contributed by atoms with Crippen LogP contribution in [0.1, 0.15) is 12.5 Å². The van der Waals surface area contributed by atoms with Gasteiger partial charge in [-0.2, -0.15) is 0 Å². The lowest BCUT2D eigenvalue weighted by Gasteiger charge is -2.35. The summed E-state index contributed by atoms with van der Waals surface area (Å²) in [6.07, 6.45) is 0. The number of halogens is 1. The third-order valence-electron chi connectivity index (χ3n) is 3.34. The van der Waals surface area contributed by atoms with Crippen molar-refractivity contribution in [1.82, 2.24) is 0 Å². The smallest absolute Gasteiger partial charge is 0.171 e. The molecule has 0 radical (unpaired) electrons. The molecule has 0 amide bonds. The van der Waals surface area contributed by atoms with E-state index < -0.39 is 9.84 Å². The molecule has 0 aliphatic carbocycles. The molecule has 1 aliphatic heterocycles. The number of hydrogen-bond donors (Lipinski definition) is 2. The van der Waals surface area contributed by atoms with Gasteiger partial charge in [0.2, 0.25) is 0 Å². The highest BCUT2D eigenvalue weighted by atomic mass is 79.9. The number of benzene rings is 1. The Morgan fingerprint density at radius 3 is 2.80 bits per heavy atom. The van der Waals surface area contributed by atoms with Gasteiger partial charge in [0.05, 0.1) is 11.5 Å². The summed E-state index contributed by atoms with van der Waals surface area (Å²) in [5.74, 6) is 0.349. The van der Waals surface area contributed by atoms with Crippen LogP contribution in [0, 0.1) is 0 Å². The topological polar surface area (TPSA) is 96.0 Å². The van der Waals surface area contributed by atoms with E-state index >= 15 is 0 Å². The van der Waals surface area contributed by atoms with Crippen LogP contribution in [0.15, 0.2) is 27.8 Å². The van der Waals surface area contributed by atoms with Gasteiger partial charge in [-0.15, -0.1) is 0 Å². The number of nitrogens with two attached hydrogens (primary N) is 1. The number of amidine groups is 1. The maximum Gasteiger partial charge on any atom is 0.171 e. The Morgan fingerprint density at radius 1 is 1.55 bits per heavy atom. The van der Waals surface area contributed by atoms with Crippen molar-refractivity contribution in [2.45, 2.75) is 13.0 Å². The van der Waals surface area contributed by atoms with E-state index in [-0.39, 0.29) is 23.4 Å². The van der Waals surface area contributed by atoms with E-state index in [1.807, 2.05) is 24.0 Å². The first-order valence-corrected chi connectivity index (χ1v) is 8.70. The zero-order valence-electron chi connectivity index (χ0n) is 11.0. The summed E-state index contributed by atoms with van der Waals surface area (Å²) in [5, 5.41) is 11.7. The third kappa shape index (κ3) is 3.06. The van der Waals surface area contributed by atoms with Gasteiger partial charge in [0, 0.05) is 28.3 Å². The van der Waals surface area contributed by atoms with Crippen LogP contribution < -0.4 is 10.6 Å². The van der Waals surface area contributed by atoms with E-state index in [0.29, 0.717) is 16.6 Å². The van der Waals surface area contributed by atoms with Crippen LogP contribution >= 0.6 is 15.9 Å². The van der Waals surface area contributed by atoms with E-state index in [1.165, 1.54) is 0 Å². The summed E-state index contributed by atoms with van der Waals surface area (Å²) in [6, 6.07) is 5.36. The second-order valence-electron chi connectivity index (χ2n) is 4.81. The average molecular weight is 362 g/mol. The lowest BCUT2D eigenvalue weighted by molar-refractivity contribution is 0.318. The van der Waals surface area contributed by atoms with Crippen LogP contribution in [0.3, 0.4) is 0 Å². The Labute approximate surface area is 126 Å². The van der Waals surface area contributed by atoms with Crippen molar-refractivity contribution in [3.05, 3.63) is 28.2 Å². The first kappa shape index (κ1) is 15.1. The Bertz CT molecular complexity index is 645. The van der Waals surface area contributed by atoms with E-state index in [1.54, 1.807) is 6.07 Å². The highest BCUT2D eigenvalue weighted by Crippen LogP contribution is 2.27. The van der Waals surface area contributed by atoms with Gasteiger partial charge in [0.25, 0.3) is 0 Å². The van der Waals surface area contributed by atoms with Gasteiger partial charge >= 0.3 is 0 Å². The zero-order valence-corrected chi connectivity index (χ0v) is 13.4. The predicted molar refractivity (Wildman–Crippen MR) is 82.1 cm³/mol. The number of hydrogen-bond acceptors (Lipinski definition) is 5. The molecule has 1 fully saturated rings. The third-order valence-corrected chi connectivity index (χ3v) is 5.79. The minimum atomic E-state index is -2.93. The molecule has 110 valence electrons. The molecule has 0 spiro atoms. The molecule has 0 bridgehead atoms. The number of sulfone groups is 1. The van der Waals surface area contributed by atoms with Gasteiger partial charge in [-0.1, -0.05) is 5.16 Å². The van der Waals surface area contributed by atoms with Crippen LogP contribution in [0.4, 0.5) is 5.69 Å². The Kier molecular flexibility index (Phi) is 4.24. The summed E-state index contributed by atoms with van der Waals surface area (Å²) in [6.45, 7) is 2.36. The fourth-order valence-electron chi connectivity index (χ4n) is 2.33. The predicted octanol–water partition coefficient (Wildman–Crippen LogP) is 1.17. The van der Waals surface area contributed by atoms with Gasteiger partial charge < -0.3 is 15.8 Å². The van der Waals surface area contributed by atoms with Gasteiger partial charge in [-0.3, -0.25) is 0 Å². The molecule has 1 saturated heterocycles. The molecule has 20 heavy (non-hydrogen) atoms. The van der Waals surface area contributed by atoms with Gasteiger partial charge in [-0.05, 0) is 41.1 Å². The summed E-state index contributed by atoms with van der Waals surface area (Å²) in [5.41, 5.74) is 7.07. The van der Waals surface area contributed by atoms with Crippen molar-refractivity contribution in [3.8, 4) is 0 Å². The maximum atomic E-state index is 11.6. The molecular formula is C12H16BrN3O3S. The molecular weight excluding hydrogens is 346 g/mol. The number of oxime groups is 1. The Hall–Kier alpha value is -1.28. The zero-order chi connectivity index (χ0) is 14.9. The molecule has 1 atom stereocenters. The van der Waals surface area contributed by atoms with Crippen LogP contribution in [-0.2, 0) is 9.84 Å². The standard InChI is InChI=1S/C12H16BrN3O3S/c1-8-7-20(18,19)5-4-16(8)9-2-3-10(11(13)6-9)12(14)15-17/h2-3,6,8,17H,4-5,7H2,1H3,(H2,14,15). The summed E-state index contributed by atoms with van der Waals surface area (Å²) < 4.78 is 23.9. The van der Waals surface area contributed by atoms with Crippen molar-refractivity contribution >= 4 is 37.3 Å². The van der Waals surface area contributed by atoms with Crippen LogP contribution in [0.5, 0.6) is 0 Å². The van der Waals surface area contributed by atoms with Crippen molar-refractivity contribution in [3.63, 3.8) is 0 Å². The van der Waals surface area contributed by atoms with E-state index in [9.17, 15) is 8.42 Å². The van der Waals surface area contributed by atoms with Crippen molar-refractivity contribution in [1.29, 1.82) is 0 Å². The SMILES string of the molecule is CC1CS(=O)(=O)CCN1c1ccc(/C(N)=N/O)c(Br)c1. The van der Waals surface area contributed by atoms with E-state index in [2.05, 4.69) is 21.1 Å². The molecule has 3 N–H and O–H groups in total. The molecule has 0 aromatic heterocycles. The quantitative estimate of drug-likeness (QED) is 0.356. The summed E-state index contributed by atoms with van der Waals surface area (Å²) in [7, 11) is -2.93. The van der Waals surface area contributed by atoms with Crippen molar-refractivity contribution in [2.75, 3.05) is 23.0 Å². The van der Waals surface area contributed by atoms with Crippen molar-refractivity contribution in [2.24, 2.45) is 10.9 Å². The lowest BCUT2D eigenvalue weighted by Crippen LogP contribution is -2.47. The van der Waals surface area contributed by atoms with Gasteiger partial charge in [-0.25, -0.2) is 8.42 Å². The first-order chi connectivity index (χ1) is 9.34. The van der Waals surface area contributed by atoms with Crippen LogP contribution in [-0.4, -0.2) is 43.6 Å². The second-order valence-corrected chi connectivity index (χ2v) is 7.89. The molecule has 1 aromatic rings. The number of nitrogens with zero attached hydrogens (tertiary/aromatic N) is 2. The summed E-state index contributed by atoms with van der Waals surface area (Å²) >= 11 is 3.38. The van der Waals surface area contributed by atoms with Gasteiger partial charge in [0.15, 0.2) is 15.7 Å². The van der Waals surface area contributed by atoms with E-state index in [4.69, 9.17) is 10.9 Å². The van der Waals surface area contributed by atoms with E-state index in [0.717, 1.165) is 5.69 Å². The van der Waals surface area contributed by atoms with Crippen LogP contribution in [0.25, 0.3) is 0 Å². The molecule has 6 nitrogen and oxygen atoms in total. The molecule has 1 unspecified atom stereocenters. The monoisotopic (exact) mass is 361 g/mol. The number of rotatable bonds is 2. The first-order valence-electron chi connectivity index (χ1n) is 6.08. The Morgan fingerprint density at radius 2 is 2.25 bits per heavy atom. The highest BCUT2D eigenvalue weighted by molar-refractivity contribution is 9.10. The molecule has 1 aliphatic rings. The largest absolute Gasteiger partial charge is 0.409 e. The fourth-order valence-corrected chi connectivity index (χ4v) is 4.45. The number of anilines is 1. The van der Waals surface area contributed by atoms with Gasteiger partial charge in [0.1, 0.15) is 0 Å². The second kappa shape index (κ2) is 5.61. The minimum Gasteiger partial charge on any atom is -0.409 e. The molecule has 2 rings (SSSR count). The fraction of sp³-hybridized carbons (Fsp3) is 0.417. The maximum absolute atomic E-state index is 11.6. The molecule has 0 saturated carbocycles. The summed E-state index contributed by atoms with van der Waals surface area (Å²) in [4.78, 5) is 2.04. The van der Waals surface area contributed by atoms with Crippen molar-refractivity contribution < 1.29 is 13.6 Å². The average Bonchev–Trinajstić information content (AvgIpc) is 2.36. The normalized spacial score (nSPS) is 22.8. The molecule has 8 heteroatoms. The van der Waals surface area contributed by atoms with Crippen LogP contribution in [0.2, 0.25) is 0 Å². The minimum absolute atomic E-state index is 0.0256.